The summed E-state index contributed by atoms with van der Waals surface area (Å²) < 4.78 is 4.25. The van der Waals surface area contributed by atoms with E-state index in [1.54, 1.807) is 29.2 Å². The van der Waals surface area contributed by atoms with E-state index >= 15 is 0 Å². The molecule has 2 N–H and O–H groups in total. The molecule has 0 bridgehead atoms. The molecule has 0 spiro atoms. The van der Waals surface area contributed by atoms with Crippen molar-refractivity contribution in [1.29, 1.82) is 0 Å². The average Bonchev–Trinajstić information content (AvgIpc) is 3.30. The molecule has 8 heteroatoms. The lowest BCUT2D eigenvalue weighted by Gasteiger charge is -2.23. The third-order valence-electron chi connectivity index (χ3n) is 4.61. The average molecular weight is 394 g/mol. The molecular formula is C20H18N4O3S. The lowest BCUT2D eigenvalue weighted by molar-refractivity contribution is -0.120. The second-order valence-electron chi connectivity index (χ2n) is 6.61. The fourth-order valence-electron chi connectivity index (χ4n) is 3.15. The van der Waals surface area contributed by atoms with Gasteiger partial charge in [-0.3, -0.25) is 19.8 Å². The van der Waals surface area contributed by atoms with E-state index in [4.69, 9.17) is 0 Å². The predicted molar refractivity (Wildman–Crippen MR) is 107 cm³/mol. The highest BCUT2D eigenvalue weighted by Crippen LogP contribution is 2.29. The van der Waals surface area contributed by atoms with Crippen LogP contribution in [0.15, 0.2) is 48.5 Å². The molecule has 4 rings (SSSR count). The Morgan fingerprint density at radius 1 is 1.18 bits per heavy atom. The van der Waals surface area contributed by atoms with Crippen LogP contribution in [0, 0.1) is 6.92 Å². The van der Waals surface area contributed by atoms with E-state index in [1.165, 1.54) is 0 Å². The maximum Gasteiger partial charge on any atom is 0.249 e. The molecule has 2 amide bonds. The van der Waals surface area contributed by atoms with Gasteiger partial charge in [-0.2, -0.15) is 9.36 Å². The van der Waals surface area contributed by atoms with E-state index in [1.807, 2.05) is 31.2 Å². The van der Waals surface area contributed by atoms with Gasteiger partial charge >= 0.3 is 0 Å². The first kappa shape index (κ1) is 18.1. The number of phenols is 1. The molecule has 1 aliphatic heterocycles. The summed E-state index contributed by atoms with van der Waals surface area (Å²) in [7, 11) is 0. The van der Waals surface area contributed by atoms with E-state index in [9.17, 15) is 14.7 Å². The number of aromatic nitrogens is 2. The van der Waals surface area contributed by atoms with Crippen molar-refractivity contribution in [3.05, 3.63) is 54.1 Å². The maximum atomic E-state index is 12.8. The normalized spacial score (nSPS) is 16.4. The van der Waals surface area contributed by atoms with Crippen molar-refractivity contribution < 1.29 is 14.7 Å². The molecular weight excluding hydrogens is 376 g/mol. The number of benzene rings is 2. The van der Waals surface area contributed by atoms with Gasteiger partial charge in [-0.05, 0) is 49.7 Å². The lowest BCUT2D eigenvalue weighted by Crippen LogP contribution is -2.41. The number of amides is 2. The molecule has 0 saturated carbocycles. The van der Waals surface area contributed by atoms with Crippen LogP contribution in [0.3, 0.4) is 0 Å². The second kappa shape index (κ2) is 7.40. The van der Waals surface area contributed by atoms with Crippen molar-refractivity contribution in [2.75, 3.05) is 10.2 Å². The van der Waals surface area contributed by atoms with Crippen molar-refractivity contribution >= 4 is 34.2 Å². The van der Waals surface area contributed by atoms with Gasteiger partial charge < -0.3 is 5.11 Å². The number of phenolic OH excluding ortho intramolecular Hbond substituents is 1. The molecule has 0 radical (unpaired) electrons. The monoisotopic (exact) mass is 394 g/mol. The van der Waals surface area contributed by atoms with Crippen LogP contribution in [-0.4, -0.2) is 32.3 Å². The molecule has 28 heavy (non-hydrogen) atoms. The zero-order valence-corrected chi connectivity index (χ0v) is 15.9. The van der Waals surface area contributed by atoms with Crippen LogP contribution in [0.1, 0.15) is 18.4 Å². The van der Waals surface area contributed by atoms with Crippen LogP contribution in [0.25, 0.3) is 11.4 Å². The fourth-order valence-corrected chi connectivity index (χ4v) is 3.74. The van der Waals surface area contributed by atoms with Crippen LogP contribution < -0.4 is 10.2 Å². The summed E-state index contributed by atoms with van der Waals surface area (Å²) in [6.07, 6.45) is 0.795. The summed E-state index contributed by atoms with van der Waals surface area (Å²) in [5.41, 5.74) is 2.55. The van der Waals surface area contributed by atoms with Gasteiger partial charge in [0.15, 0.2) is 5.82 Å². The Hall–Kier alpha value is -3.26. The number of nitrogens with one attached hydrogen (secondary N) is 1. The first-order valence-corrected chi connectivity index (χ1v) is 9.61. The third kappa shape index (κ3) is 3.59. The van der Waals surface area contributed by atoms with Crippen molar-refractivity contribution in [3.63, 3.8) is 0 Å². The summed E-state index contributed by atoms with van der Waals surface area (Å²) >= 11 is 1.08. The molecule has 2 heterocycles. The lowest BCUT2D eigenvalue weighted by atomic mass is 10.1. The smallest absolute Gasteiger partial charge is 0.249 e. The summed E-state index contributed by atoms with van der Waals surface area (Å²) in [4.78, 5) is 31.0. The summed E-state index contributed by atoms with van der Waals surface area (Å²) in [5.74, 6) is 0.290. The molecule has 7 nitrogen and oxygen atoms in total. The minimum absolute atomic E-state index is 0.0638. The molecule has 2 aromatic carbocycles. The third-order valence-corrected chi connectivity index (χ3v) is 5.24. The topological polar surface area (TPSA) is 95.4 Å². The van der Waals surface area contributed by atoms with Gasteiger partial charge in [0.25, 0.3) is 0 Å². The van der Waals surface area contributed by atoms with E-state index in [0.29, 0.717) is 23.8 Å². The summed E-state index contributed by atoms with van der Waals surface area (Å²) in [5, 5.41) is 12.5. The van der Waals surface area contributed by atoms with E-state index in [0.717, 1.165) is 28.3 Å². The Labute approximate surface area is 165 Å². The van der Waals surface area contributed by atoms with Crippen LogP contribution >= 0.6 is 11.5 Å². The Kier molecular flexibility index (Phi) is 4.79. The molecule has 3 aromatic rings. The Bertz CT molecular complexity index is 1010. The summed E-state index contributed by atoms with van der Waals surface area (Å²) in [6, 6.07) is 13.5. The van der Waals surface area contributed by atoms with Gasteiger partial charge in [-0.25, -0.2) is 0 Å². The molecule has 1 fully saturated rings. The van der Waals surface area contributed by atoms with Crippen LogP contribution in [0.4, 0.5) is 10.8 Å². The molecule has 1 atom stereocenters. The van der Waals surface area contributed by atoms with Crippen molar-refractivity contribution in [1.82, 2.24) is 9.36 Å². The minimum Gasteiger partial charge on any atom is -0.508 e. The summed E-state index contributed by atoms with van der Waals surface area (Å²) in [6.45, 7) is 1.97. The van der Waals surface area contributed by atoms with Crippen LogP contribution in [0.5, 0.6) is 5.75 Å². The quantitative estimate of drug-likeness (QED) is 0.707. The highest BCUT2D eigenvalue weighted by molar-refractivity contribution is 7.10. The second-order valence-corrected chi connectivity index (χ2v) is 7.36. The minimum atomic E-state index is -0.573. The Morgan fingerprint density at radius 2 is 1.89 bits per heavy atom. The van der Waals surface area contributed by atoms with Gasteiger partial charge in [-0.15, -0.1) is 0 Å². The number of carbonyl (C=O) groups is 2. The number of carbonyl (C=O) groups excluding carboxylic acids is 2. The van der Waals surface area contributed by atoms with E-state index in [2.05, 4.69) is 14.7 Å². The maximum absolute atomic E-state index is 12.8. The SMILES string of the molecule is Cc1ccc(N2C(=O)CC[C@H]2C(=O)Nc2nc(-c3ccc(O)cc3)ns2)cc1. The van der Waals surface area contributed by atoms with Gasteiger partial charge in [0.1, 0.15) is 11.8 Å². The molecule has 142 valence electrons. The van der Waals surface area contributed by atoms with E-state index in [-0.39, 0.29) is 17.6 Å². The number of aryl methyl sites for hydroxylation is 1. The van der Waals surface area contributed by atoms with Gasteiger partial charge in [-0.1, -0.05) is 17.7 Å². The Balaban J connectivity index is 1.50. The zero-order valence-electron chi connectivity index (χ0n) is 15.1. The predicted octanol–water partition coefficient (Wildman–Crippen LogP) is 3.35. The van der Waals surface area contributed by atoms with Crippen LogP contribution in [0.2, 0.25) is 0 Å². The van der Waals surface area contributed by atoms with Crippen molar-refractivity contribution in [2.45, 2.75) is 25.8 Å². The first-order chi connectivity index (χ1) is 13.5. The molecule has 1 aliphatic rings. The zero-order chi connectivity index (χ0) is 19.7. The number of anilines is 2. The Morgan fingerprint density at radius 3 is 2.61 bits per heavy atom. The number of hydrogen-bond donors (Lipinski definition) is 2. The largest absolute Gasteiger partial charge is 0.508 e. The van der Waals surface area contributed by atoms with Crippen molar-refractivity contribution in [3.8, 4) is 17.1 Å². The van der Waals surface area contributed by atoms with Gasteiger partial charge in [0.05, 0.1) is 0 Å². The fraction of sp³-hybridized carbons (Fsp3) is 0.200. The highest BCUT2D eigenvalue weighted by Gasteiger charge is 2.37. The van der Waals surface area contributed by atoms with Crippen LogP contribution in [-0.2, 0) is 9.59 Å². The van der Waals surface area contributed by atoms with Gasteiger partial charge in [0.2, 0.25) is 16.9 Å². The molecule has 0 aliphatic carbocycles. The van der Waals surface area contributed by atoms with E-state index < -0.39 is 6.04 Å². The first-order valence-electron chi connectivity index (χ1n) is 8.84. The standard InChI is InChI=1S/C20H18N4O3S/c1-12-2-6-14(7-3-12)24-16(10-11-17(24)26)19(27)22-20-21-18(23-28-20)13-4-8-15(25)9-5-13/h2-9,16,25H,10-11H2,1H3,(H,21,22,23,27)/t16-/m0/s1. The number of nitrogens with zero attached hydrogens (tertiary/aromatic N) is 3. The highest BCUT2D eigenvalue weighted by atomic mass is 32.1. The van der Waals surface area contributed by atoms with Gasteiger partial charge in [0, 0.05) is 29.2 Å². The number of aromatic hydroxyl groups is 1. The van der Waals surface area contributed by atoms with Crippen molar-refractivity contribution in [2.24, 2.45) is 0 Å². The molecule has 1 saturated heterocycles. The number of rotatable bonds is 4. The number of hydrogen-bond acceptors (Lipinski definition) is 6. The molecule has 0 unspecified atom stereocenters. The molecule has 1 aromatic heterocycles.